The first kappa shape index (κ1) is 19.1. The number of aliphatic imine (C=N–C) groups is 1. The maximum atomic E-state index is 11.2. The van der Waals surface area contributed by atoms with Crippen LogP contribution in [0.2, 0.25) is 0 Å². The number of benzene rings is 1. The first-order valence-electron chi connectivity index (χ1n) is 9.51. The van der Waals surface area contributed by atoms with E-state index in [-0.39, 0.29) is 11.9 Å². The normalized spacial score (nSPS) is 18.8. The Kier molecular flexibility index (Phi) is 5.94. The number of dihydropyridines is 1. The maximum Gasteiger partial charge on any atom is 0.217 e. The molecule has 1 N–H and O–H groups in total. The van der Waals surface area contributed by atoms with Gasteiger partial charge >= 0.3 is 0 Å². The first-order chi connectivity index (χ1) is 12.9. The largest absolute Gasteiger partial charge is 0.441 e. The lowest BCUT2D eigenvalue weighted by Crippen LogP contribution is -2.33. The van der Waals surface area contributed by atoms with E-state index in [1.54, 1.807) is 6.92 Å². The molecule has 0 aliphatic carbocycles. The molecule has 0 radical (unpaired) electrons. The molecule has 2 unspecified atom stereocenters. The molecule has 6 nitrogen and oxygen atoms in total. The summed E-state index contributed by atoms with van der Waals surface area (Å²) < 4.78 is 11.6. The van der Waals surface area contributed by atoms with Gasteiger partial charge in [0.2, 0.25) is 11.8 Å². The molecule has 1 aliphatic heterocycles. The molecule has 27 heavy (non-hydrogen) atoms. The number of oxazole rings is 1. The van der Waals surface area contributed by atoms with Gasteiger partial charge in [-0.2, -0.15) is 0 Å². The van der Waals surface area contributed by atoms with Gasteiger partial charge in [-0.05, 0) is 43.4 Å². The SMILES string of the molecule is CCc1nc2ccc(OC3=NCC(C(C)C[C@H](C)NC(C)=O)C=C3)cc2o1. The average Bonchev–Trinajstić information content (AvgIpc) is 3.04. The minimum absolute atomic E-state index is 0.0115. The van der Waals surface area contributed by atoms with Gasteiger partial charge in [-0.3, -0.25) is 9.79 Å². The van der Waals surface area contributed by atoms with Gasteiger partial charge in [0.15, 0.2) is 11.5 Å². The Morgan fingerprint density at radius 2 is 2.22 bits per heavy atom. The molecule has 0 saturated heterocycles. The summed E-state index contributed by atoms with van der Waals surface area (Å²) in [6.45, 7) is 8.47. The van der Waals surface area contributed by atoms with Crippen molar-refractivity contribution in [3.05, 3.63) is 36.2 Å². The van der Waals surface area contributed by atoms with E-state index in [0.29, 0.717) is 30.0 Å². The van der Waals surface area contributed by atoms with Crippen LogP contribution < -0.4 is 10.1 Å². The number of nitrogens with zero attached hydrogens (tertiary/aromatic N) is 2. The van der Waals surface area contributed by atoms with Crippen LogP contribution in [0.4, 0.5) is 0 Å². The molecular formula is C21H27N3O3. The van der Waals surface area contributed by atoms with Gasteiger partial charge in [0.25, 0.3) is 0 Å². The lowest BCUT2D eigenvalue weighted by Gasteiger charge is -2.25. The molecule has 1 aromatic heterocycles. The van der Waals surface area contributed by atoms with Gasteiger partial charge in [0.1, 0.15) is 11.3 Å². The van der Waals surface area contributed by atoms with Crippen molar-refractivity contribution in [2.24, 2.45) is 16.8 Å². The summed E-state index contributed by atoms with van der Waals surface area (Å²) in [5.41, 5.74) is 1.56. The number of carbonyl (C=O) groups is 1. The van der Waals surface area contributed by atoms with Crippen LogP contribution in [0.1, 0.15) is 40.0 Å². The van der Waals surface area contributed by atoms with E-state index in [2.05, 4.69) is 28.3 Å². The summed E-state index contributed by atoms with van der Waals surface area (Å²) in [6, 6.07) is 5.79. The second-order valence-corrected chi connectivity index (χ2v) is 7.21. The fourth-order valence-electron chi connectivity index (χ4n) is 3.38. The van der Waals surface area contributed by atoms with Crippen LogP contribution >= 0.6 is 0 Å². The van der Waals surface area contributed by atoms with Crippen molar-refractivity contribution in [1.82, 2.24) is 10.3 Å². The third kappa shape index (κ3) is 4.96. The highest BCUT2D eigenvalue weighted by atomic mass is 16.5. The van der Waals surface area contributed by atoms with Crippen LogP contribution in [-0.2, 0) is 11.2 Å². The maximum absolute atomic E-state index is 11.2. The smallest absolute Gasteiger partial charge is 0.217 e. The molecular weight excluding hydrogens is 342 g/mol. The molecule has 2 heterocycles. The Morgan fingerprint density at radius 3 is 2.89 bits per heavy atom. The number of ether oxygens (including phenoxy) is 1. The van der Waals surface area contributed by atoms with Crippen LogP contribution in [0.5, 0.6) is 5.75 Å². The zero-order chi connectivity index (χ0) is 19.4. The zero-order valence-electron chi connectivity index (χ0n) is 16.4. The van der Waals surface area contributed by atoms with Crippen LogP contribution in [0.15, 0.2) is 39.8 Å². The number of aryl methyl sites for hydroxylation is 1. The second-order valence-electron chi connectivity index (χ2n) is 7.21. The summed E-state index contributed by atoms with van der Waals surface area (Å²) in [5.74, 6) is 2.79. The van der Waals surface area contributed by atoms with E-state index in [9.17, 15) is 4.79 Å². The van der Waals surface area contributed by atoms with Crippen molar-refractivity contribution in [3.63, 3.8) is 0 Å². The summed E-state index contributed by atoms with van der Waals surface area (Å²) in [4.78, 5) is 20.1. The Balaban J connectivity index is 1.57. The van der Waals surface area contributed by atoms with E-state index in [0.717, 1.165) is 29.8 Å². The molecule has 144 valence electrons. The highest BCUT2D eigenvalue weighted by molar-refractivity contribution is 5.90. The number of carbonyl (C=O) groups excluding carboxylic acids is 1. The number of rotatable bonds is 6. The first-order valence-corrected chi connectivity index (χ1v) is 9.51. The van der Waals surface area contributed by atoms with Crippen LogP contribution in [0.3, 0.4) is 0 Å². The molecule has 1 amide bonds. The monoisotopic (exact) mass is 369 g/mol. The fourth-order valence-corrected chi connectivity index (χ4v) is 3.38. The van der Waals surface area contributed by atoms with Crippen molar-refractivity contribution >= 4 is 22.9 Å². The molecule has 0 saturated carbocycles. The standard InChI is InChI=1S/C21H27N3O3/c1-5-20-24-18-8-7-17(11-19(18)27-20)26-21-9-6-16(12-22-21)13(2)10-14(3)23-15(4)25/h6-9,11,13-14,16H,5,10,12H2,1-4H3,(H,23,25)/t13?,14-,16?/m0/s1. The molecule has 3 rings (SSSR count). The predicted octanol–water partition coefficient (Wildman–Crippen LogP) is 3.90. The van der Waals surface area contributed by atoms with E-state index >= 15 is 0 Å². The molecule has 2 aromatic rings. The fraction of sp³-hybridized carbons (Fsp3) is 0.476. The molecule has 0 bridgehead atoms. The number of fused-ring (bicyclic) bond motifs is 1. The van der Waals surface area contributed by atoms with Gasteiger partial charge in [-0.1, -0.05) is 19.9 Å². The minimum atomic E-state index is 0.0115. The van der Waals surface area contributed by atoms with Crippen molar-refractivity contribution in [1.29, 1.82) is 0 Å². The molecule has 6 heteroatoms. The lowest BCUT2D eigenvalue weighted by atomic mass is 9.87. The average molecular weight is 369 g/mol. The molecule has 1 aliphatic rings. The van der Waals surface area contributed by atoms with Gasteiger partial charge in [-0.15, -0.1) is 0 Å². The number of nitrogens with one attached hydrogen (secondary N) is 1. The van der Waals surface area contributed by atoms with E-state index < -0.39 is 0 Å². The lowest BCUT2D eigenvalue weighted by molar-refractivity contribution is -0.119. The molecule has 0 fully saturated rings. The van der Waals surface area contributed by atoms with Gasteiger partial charge in [0, 0.05) is 32.0 Å². The van der Waals surface area contributed by atoms with E-state index in [1.165, 1.54) is 0 Å². The second kappa shape index (κ2) is 8.37. The number of hydrogen-bond acceptors (Lipinski definition) is 5. The quantitative estimate of drug-likeness (QED) is 0.838. The third-order valence-corrected chi connectivity index (χ3v) is 4.78. The number of aromatic nitrogens is 1. The Hall–Kier alpha value is -2.63. The van der Waals surface area contributed by atoms with Crippen molar-refractivity contribution in [2.75, 3.05) is 6.54 Å². The summed E-state index contributed by atoms with van der Waals surface area (Å²) in [5, 5.41) is 2.94. The van der Waals surface area contributed by atoms with Crippen molar-refractivity contribution in [3.8, 4) is 5.75 Å². The molecule has 3 atom stereocenters. The summed E-state index contributed by atoms with van der Waals surface area (Å²) >= 11 is 0. The predicted molar refractivity (Wildman–Crippen MR) is 106 cm³/mol. The van der Waals surface area contributed by atoms with E-state index in [1.807, 2.05) is 38.1 Å². The highest BCUT2D eigenvalue weighted by Gasteiger charge is 2.20. The third-order valence-electron chi connectivity index (χ3n) is 4.78. The summed E-state index contributed by atoms with van der Waals surface area (Å²) in [6.07, 6.45) is 5.76. The van der Waals surface area contributed by atoms with Crippen LogP contribution in [0, 0.1) is 11.8 Å². The Morgan fingerprint density at radius 1 is 1.41 bits per heavy atom. The van der Waals surface area contributed by atoms with Crippen molar-refractivity contribution < 1.29 is 13.9 Å². The van der Waals surface area contributed by atoms with Crippen LogP contribution in [0.25, 0.3) is 11.1 Å². The Labute approximate surface area is 159 Å². The number of hydrogen-bond donors (Lipinski definition) is 1. The summed E-state index contributed by atoms with van der Waals surface area (Å²) in [7, 11) is 0. The topological polar surface area (TPSA) is 76.7 Å². The Bertz CT molecular complexity index is 869. The van der Waals surface area contributed by atoms with Gasteiger partial charge < -0.3 is 14.5 Å². The van der Waals surface area contributed by atoms with Gasteiger partial charge in [-0.25, -0.2) is 4.98 Å². The zero-order valence-corrected chi connectivity index (χ0v) is 16.4. The molecule has 1 aromatic carbocycles. The van der Waals surface area contributed by atoms with E-state index in [4.69, 9.17) is 9.15 Å². The number of amides is 1. The van der Waals surface area contributed by atoms with Crippen LogP contribution in [-0.4, -0.2) is 29.4 Å². The van der Waals surface area contributed by atoms with Crippen molar-refractivity contribution in [2.45, 2.75) is 46.6 Å². The minimum Gasteiger partial charge on any atom is -0.441 e. The van der Waals surface area contributed by atoms with Gasteiger partial charge in [0.05, 0.1) is 0 Å². The highest BCUT2D eigenvalue weighted by Crippen LogP contribution is 2.25. The molecule has 0 spiro atoms.